The van der Waals surface area contributed by atoms with Crippen LogP contribution in [0.3, 0.4) is 0 Å². The van der Waals surface area contributed by atoms with Crippen molar-refractivity contribution >= 4 is 28.6 Å². The molecule has 0 saturated carbocycles. The molecule has 1 aromatic heterocycles. The van der Waals surface area contributed by atoms with Crippen LogP contribution in [0.4, 0.5) is 22.4 Å². The number of carbonyl (C=O) groups is 2. The van der Waals surface area contributed by atoms with Crippen molar-refractivity contribution in [3.8, 4) is 0 Å². The van der Waals surface area contributed by atoms with E-state index in [0.29, 0.717) is 63.3 Å². The van der Waals surface area contributed by atoms with Crippen molar-refractivity contribution in [2.24, 2.45) is 0 Å². The SMILES string of the molecule is CC(C)(C)OC(=O)N1CC=C(c2ccc3nc(C(=O)N4CCN(Cc5ccc(C(F)(F)F)cc5)CC4)[nH]c3c2F)CC1. The zero-order valence-electron chi connectivity index (χ0n) is 23.7. The Kier molecular flexibility index (Phi) is 8.02. The summed E-state index contributed by atoms with van der Waals surface area (Å²) in [5.41, 5.74) is 1.12. The van der Waals surface area contributed by atoms with Gasteiger partial charge in [0.25, 0.3) is 5.91 Å². The number of hydrogen-bond acceptors (Lipinski definition) is 5. The van der Waals surface area contributed by atoms with Crippen LogP contribution >= 0.6 is 0 Å². The highest BCUT2D eigenvalue weighted by atomic mass is 19.4. The fourth-order valence-electron chi connectivity index (χ4n) is 5.12. The van der Waals surface area contributed by atoms with Gasteiger partial charge in [0, 0.05) is 51.4 Å². The Balaban J connectivity index is 1.21. The Morgan fingerprint density at radius 3 is 2.24 bits per heavy atom. The number of benzene rings is 2. The first-order chi connectivity index (χ1) is 19.8. The number of H-pyrrole nitrogens is 1. The average molecular weight is 588 g/mol. The van der Waals surface area contributed by atoms with Crippen LogP contribution < -0.4 is 0 Å². The topological polar surface area (TPSA) is 81.8 Å². The van der Waals surface area contributed by atoms with Crippen molar-refractivity contribution in [2.75, 3.05) is 39.3 Å². The lowest BCUT2D eigenvalue weighted by molar-refractivity contribution is -0.137. The van der Waals surface area contributed by atoms with E-state index in [1.807, 2.05) is 6.08 Å². The molecule has 3 aromatic rings. The number of amides is 2. The second-order valence-corrected chi connectivity index (χ2v) is 11.6. The van der Waals surface area contributed by atoms with E-state index >= 15 is 4.39 Å². The van der Waals surface area contributed by atoms with Crippen LogP contribution in [0.2, 0.25) is 0 Å². The molecule has 0 atom stereocenters. The van der Waals surface area contributed by atoms with E-state index in [1.165, 1.54) is 12.1 Å². The van der Waals surface area contributed by atoms with Gasteiger partial charge >= 0.3 is 12.3 Å². The number of nitrogens with zero attached hydrogens (tertiary/aromatic N) is 4. The highest BCUT2D eigenvalue weighted by molar-refractivity contribution is 5.95. The van der Waals surface area contributed by atoms with Gasteiger partial charge < -0.3 is 19.5 Å². The summed E-state index contributed by atoms with van der Waals surface area (Å²) < 4.78 is 59.5. The number of piperazine rings is 1. The lowest BCUT2D eigenvalue weighted by Gasteiger charge is -2.34. The van der Waals surface area contributed by atoms with Crippen LogP contribution in [0.5, 0.6) is 0 Å². The van der Waals surface area contributed by atoms with E-state index < -0.39 is 29.3 Å². The molecule has 0 radical (unpaired) electrons. The highest BCUT2D eigenvalue weighted by Crippen LogP contribution is 2.31. The zero-order valence-corrected chi connectivity index (χ0v) is 23.7. The number of hydrogen-bond donors (Lipinski definition) is 1. The molecule has 5 rings (SSSR count). The number of rotatable bonds is 4. The number of aromatic nitrogens is 2. The molecule has 42 heavy (non-hydrogen) atoms. The Morgan fingerprint density at radius 2 is 1.64 bits per heavy atom. The van der Waals surface area contributed by atoms with Gasteiger partial charge in [0.05, 0.1) is 11.1 Å². The van der Waals surface area contributed by atoms with Gasteiger partial charge in [0.15, 0.2) is 11.6 Å². The first-order valence-electron chi connectivity index (χ1n) is 13.8. The largest absolute Gasteiger partial charge is 0.444 e. The normalized spacial score (nSPS) is 17.0. The third-order valence-corrected chi connectivity index (χ3v) is 7.35. The molecule has 2 aromatic carbocycles. The lowest BCUT2D eigenvalue weighted by atomic mass is 9.98. The Bertz CT molecular complexity index is 1500. The Labute approximate surface area is 240 Å². The van der Waals surface area contributed by atoms with Gasteiger partial charge in [-0.2, -0.15) is 13.2 Å². The van der Waals surface area contributed by atoms with Crippen LogP contribution in [-0.4, -0.2) is 81.5 Å². The summed E-state index contributed by atoms with van der Waals surface area (Å²) in [4.78, 5) is 38.0. The number of alkyl halides is 3. The first-order valence-corrected chi connectivity index (χ1v) is 13.8. The molecule has 0 spiro atoms. The summed E-state index contributed by atoms with van der Waals surface area (Å²) in [7, 11) is 0. The van der Waals surface area contributed by atoms with Crippen LogP contribution in [0.25, 0.3) is 16.6 Å². The van der Waals surface area contributed by atoms with Crippen molar-refractivity contribution in [3.05, 3.63) is 70.8 Å². The van der Waals surface area contributed by atoms with Gasteiger partial charge in [-0.05, 0) is 62.6 Å². The molecule has 1 N–H and O–H groups in total. The summed E-state index contributed by atoms with van der Waals surface area (Å²) in [5.74, 6) is -0.797. The Hall–Kier alpha value is -3.93. The van der Waals surface area contributed by atoms with Gasteiger partial charge in [0.1, 0.15) is 11.1 Å². The minimum absolute atomic E-state index is 0.0472. The fourth-order valence-corrected chi connectivity index (χ4v) is 5.12. The number of carbonyl (C=O) groups excluding carboxylic acids is 2. The molecule has 12 heteroatoms. The van der Waals surface area contributed by atoms with Crippen LogP contribution in [0.15, 0.2) is 42.5 Å². The summed E-state index contributed by atoms with van der Waals surface area (Å²) in [6, 6.07) is 8.40. The summed E-state index contributed by atoms with van der Waals surface area (Å²) in [5, 5.41) is 0. The van der Waals surface area contributed by atoms with Gasteiger partial charge in [0.2, 0.25) is 0 Å². The zero-order chi connectivity index (χ0) is 30.2. The molecule has 0 bridgehead atoms. The number of nitrogens with one attached hydrogen (secondary N) is 1. The summed E-state index contributed by atoms with van der Waals surface area (Å²) in [6.07, 6.45) is -2.52. The van der Waals surface area contributed by atoms with E-state index in [0.717, 1.165) is 23.3 Å². The number of halogens is 4. The van der Waals surface area contributed by atoms with Gasteiger partial charge in [-0.25, -0.2) is 14.2 Å². The molecule has 3 heterocycles. The molecule has 0 unspecified atom stereocenters. The van der Waals surface area contributed by atoms with Crippen LogP contribution in [0, 0.1) is 5.82 Å². The second kappa shape index (κ2) is 11.4. The second-order valence-electron chi connectivity index (χ2n) is 11.6. The van der Waals surface area contributed by atoms with Gasteiger partial charge in [-0.15, -0.1) is 0 Å². The standard InChI is InChI=1S/C30H33F4N5O3/c1-29(2,3)42-28(41)39-12-10-20(11-13-39)22-8-9-23-25(24(22)31)36-26(35-23)27(40)38-16-14-37(15-17-38)18-19-4-6-21(7-5-19)30(32,33)34/h4-10H,11-18H2,1-3H3,(H,35,36). The highest BCUT2D eigenvalue weighted by Gasteiger charge is 2.31. The maximum Gasteiger partial charge on any atom is 0.416 e. The van der Waals surface area contributed by atoms with E-state index in [-0.39, 0.29) is 17.2 Å². The summed E-state index contributed by atoms with van der Waals surface area (Å²) >= 11 is 0. The van der Waals surface area contributed by atoms with Crippen molar-refractivity contribution in [3.63, 3.8) is 0 Å². The van der Waals surface area contributed by atoms with Crippen molar-refractivity contribution in [1.29, 1.82) is 0 Å². The van der Waals surface area contributed by atoms with Gasteiger partial charge in [-0.3, -0.25) is 9.69 Å². The molecule has 1 saturated heterocycles. The number of imidazole rings is 1. The molecule has 8 nitrogen and oxygen atoms in total. The predicted octanol–water partition coefficient (Wildman–Crippen LogP) is 5.70. The van der Waals surface area contributed by atoms with Crippen LogP contribution in [-0.2, 0) is 17.5 Å². The third-order valence-electron chi connectivity index (χ3n) is 7.35. The third kappa shape index (κ3) is 6.59. The van der Waals surface area contributed by atoms with E-state index in [1.54, 1.807) is 42.7 Å². The molecule has 2 aliphatic rings. The van der Waals surface area contributed by atoms with Crippen molar-refractivity contribution < 1.29 is 31.9 Å². The molecule has 2 aliphatic heterocycles. The minimum Gasteiger partial charge on any atom is -0.444 e. The first kappa shape index (κ1) is 29.6. The average Bonchev–Trinajstić information content (AvgIpc) is 3.38. The maximum atomic E-state index is 15.6. The molecule has 224 valence electrons. The quantitative estimate of drug-likeness (QED) is 0.396. The van der Waals surface area contributed by atoms with Crippen molar-refractivity contribution in [2.45, 2.75) is 45.5 Å². The van der Waals surface area contributed by atoms with E-state index in [2.05, 4.69) is 14.9 Å². The number of ether oxygens (including phenoxy) is 1. The monoisotopic (exact) mass is 587 g/mol. The molecular formula is C30H33F4N5O3. The number of fused-ring (bicyclic) bond motifs is 1. The molecule has 2 amide bonds. The predicted molar refractivity (Wildman–Crippen MR) is 149 cm³/mol. The molecular weight excluding hydrogens is 554 g/mol. The number of aromatic amines is 1. The maximum absolute atomic E-state index is 15.6. The van der Waals surface area contributed by atoms with E-state index in [4.69, 9.17) is 4.74 Å². The fraction of sp³-hybridized carbons (Fsp3) is 0.433. The smallest absolute Gasteiger partial charge is 0.416 e. The van der Waals surface area contributed by atoms with Crippen molar-refractivity contribution in [1.82, 2.24) is 24.7 Å². The Morgan fingerprint density at radius 1 is 0.952 bits per heavy atom. The minimum atomic E-state index is -4.37. The molecule has 0 aliphatic carbocycles. The lowest BCUT2D eigenvalue weighted by Crippen LogP contribution is -2.48. The van der Waals surface area contributed by atoms with E-state index in [9.17, 15) is 22.8 Å². The van der Waals surface area contributed by atoms with Gasteiger partial charge in [-0.1, -0.05) is 18.2 Å². The molecule has 1 fully saturated rings. The summed E-state index contributed by atoms with van der Waals surface area (Å²) in [6.45, 7) is 8.49. The van der Waals surface area contributed by atoms with Crippen LogP contribution in [0.1, 0.15) is 54.5 Å².